The molecule has 0 aromatic heterocycles. The number of carbonyl (C=O) groups is 2. The highest BCUT2D eigenvalue weighted by Gasteiger charge is 2.32. The van der Waals surface area contributed by atoms with Crippen LogP contribution in [0.3, 0.4) is 0 Å². The summed E-state index contributed by atoms with van der Waals surface area (Å²) in [5.41, 5.74) is 4.36. The summed E-state index contributed by atoms with van der Waals surface area (Å²) in [5.74, 6) is -3.16. The number of quaternary nitrogens is 1. The quantitative estimate of drug-likeness (QED) is 0.653. The molecule has 1 rings (SSSR count). The molecule has 0 spiro atoms. The zero-order chi connectivity index (χ0) is 23.5. The van der Waals surface area contributed by atoms with Crippen molar-refractivity contribution in [2.75, 3.05) is 0 Å². The van der Waals surface area contributed by atoms with Gasteiger partial charge in [0.2, 0.25) is 0 Å². The molecule has 1 aromatic carbocycles. The summed E-state index contributed by atoms with van der Waals surface area (Å²) in [6.07, 6.45) is 4.40. The lowest BCUT2D eigenvalue weighted by molar-refractivity contribution is -0.458. The van der Waals surface area contributed by atoms with Crippen LogP contribution in [0.4, 0.5) is 0 Å². The minimum Gasteiger partial charge on any atom is -0.550 e. The van der Waals surface area contributed by atoms with Crippen molar-refractivity contribution in [3.8, 4) is 0 Å². The van der Waals surface area contributed by atoms with Gasteiger partial charge in [0.25, 0.3) is 0 Å². The van der Waals surface area contributed by atoms with Crippen LogP contribution in [0.1, 0.15) is 73.8 Å². The summed E-state index contributed by atoms with van der Waals surface area (Å²) in [7, 11) is 0. The fourth-order valence-corrected chi connectivity index (χ4v) is 2.65. The van der Waals surface area contributed by atoms with Gasteiger partial charge < -0.3 is 20.4 Å². The molecule has 0 aliphatic rings. The molecule has 1 aromatic rings. The molecule has 3 N–H and O–H groups in total. The minimum absolute atomic E-state index is 0.144. The summed E-state index contributed by atoms with van der Waals surface area (Å²) in [6.45, 7) is 15.4. The standard InChI is InChI=1S/C21H30O4.C4H11N/c1-15(2)14-18(19(22)23)17(20(24)25-21(3,4)5)13-9-12-16-10-7-6-8-11-16;1-4(2,3)5/h6-12,15,17-18H,13-14H2,1-5H3,(H,22,23);5H2,1-3H3/b12-9+;/t17-,18+;/m0./s1. The highest BCUT2D eigenvalue weighted by molar-refractivity contribution is 5.80. The molecule has 0 saturated heterocycles. The van der Waals surface area contributed by atoms with Crippen molar-refractivity contribution in [1.29, 1.82) is 0 Å². The van der Waals surface area contributed by atoms with Crippen molar-refractivity contribution in [3.63, 3.8) is 0 Å². The summed E-state index contributed by atoms with van der Waals surface area (Å²) < 4.78 is 5.45. The number of rotatable bonds is 8. The molecule has 0 heterocycles. The second kappa shape index (κ2) is 12.5. The van der Waals surface area contributed by atoms with Gasteiger partial charge in [-0.15, -0.1) is 0 Å². The number of benzene rings is 1. The van der Waals surface area contributed by atoms with Gasteiger partial charge in [-0.05, 0) is 65.9 Å². The Bertz CT molecular complexity index is 661. The molecule has 0 fully saturated rings. The van der Waals surface area contributed by atoms with Crippen LogP contribution in [0, 0.1) is 17.8 Å². The summed E-state index contributed by atoms with van der Waals surface area (Å²) in [6, 6.07) is 9.67. The predicted molar refractivity (Wildman–Crippen MR) is 120 cm³/mol. The molecule has 170 valence electrons. The second-order valence-electron chi connectivity index (χ2n) is 10.3. The molecule has 0 radical (unpaired) electrons. The van der Waals surface area contributed by atoms with Crippen LogP contribution in [0.2, 0.25) is 0 Å². The molecule has 0 amide bonds. The van der Waals surface area contributed by atoms with Crippen molar-refractivity contribution >= 4 is 18.0 Å². The van der Waals surface area contributed by atoms with Crippen LogP contribution in [0.15, 0.2) is 36.4 Å². The SMILES string of the molecule is CC(C)(C)[NH3+].CC(C)C[C@@H](C(=O)[O-])[C@H](C/C=C/c1ccccc1)C(=O)OC(C)(C)C. The minimum atomic E-state index is -1.20. The third-order valence-corrected chi connectivity index (χ3v) is 3.72. The van der Waals surface area contributed by atoms with E-state index < -0.39 is 29.4 Å². The van der Waals surface area contributed by atoms with E-state index in [1.54, 1.807) is 20.8 Å². The average Bonchev–Trinajstić information content (AvgIpc) is 2.54. The maximum Gasteiger partial charge on any atom is 0.310 e. The van der Waals surface area contributed by atoms with E-state index in [9.17, 15) is 14.7 Å². The molecule has 0 bridgehead atoms. The van der Waals surface area contributed by atoms with Gasteiger partial charge in [-0.3, -0.25) is 4.79 Å². The van der Waals surface area contributed by atoms with E-state index >= 15 is 0 Å². The predicted octanol–water partition coefficient (Wildman–Crippen LogP) is 3.49. The Morgan fingerprint density at radius 2 is 1.53 bits per heavy atom. The first-order valence-electron chi connectivity index (χ1n) is 10.6. The lowest BCUT2D eigenvalue weighted by Gasteiger charge is -2.30. The number of carboxylic acids is 1. The summed E-state index contributed by atoms with van der Waals surface area (Å²) in [4.78, 5) is 24.2. The van der Waals surface area contributed by atoms with E-state index in [1.807, 2.05) is 56.3 Å². The number of ether oxygens (including phenoxy) is 1. The molecule has 5 heteroatoms. The zero-order valence-corrected chi connectivity index (χ0v) is 20.0. The van der Waals surface area contributed by atoms with Gasteiger partial charge in [-0.2, -0.15) is 0 Å². The van der Waals surface area contributed by atoms with Gasteiger partial charge in [0.15, 0.2) is 0 Å². The maximum atomic E-state index is 12.6. The van der Waals surface area contributed by atoms with Gasteiger partial charge in [0.05, 0.1) is 11.5 Å². The molecular formula is C25H41NO4. The van der Waals surface area contributed by atoms with Gasteiger partial charge in [-0.25, -0.2) is 0 Å². The van der Waals surface area contributed by atoms with Crippen LogP contribution in [0.25, 0.3) is 6.08 Å². The molecule has 0 unspecified atom stereocenters. The number of hydrogen-bond acceptors (Lipinski definition) is 4. The van der Waals surface area contributed by atoms with E-state index in [-0.39, 0.29) is 11.5 Å². The highest BCUT2D eigenvalue weighted by atomic mass is 16.6. The number of carboxylic acid groups (broad SMARTS) is 1. The molecule has 30 heavy (non-hydrogen) atoms. The van der Waals surface area contributed by atoms with Crippen LogP contribution < -0.4 is 10.8 Å². The number of carbonyl (C=O) groups excluding carboxylic acids is 2. The number of esters is 1. The molecule has 0 aliphatic carbocycles. The fraction of sp³-hybridized carbons (Fsp3) is 0.600. The van der Waals surface area contributed by atoms with Crippen molar-refractivity contribution < 1.29 is 25.2 Å². The van der Waals surface area contributed by atoms with E-state index in [4.69, 9.17) is 4.74 Å². The first-order chi connectivity index (χ1) is 13.6. The van der Waals surface area contributed by atoms with E-state index in [0.29, 0.717) is 12.8 Å². The van der Waals surface area contributed by atoms with E-state index in [2.05, 4.69) is 26.5 Å². The maximum absolute atomic E-state index is 12.6. The third-order valence-electron chi connectivity index (χ3n) is 3.72. The molecule has 0 saturated carbocycles. The molecule has 5 nitrogen and oxygen atoms in total. The Morgan fingerprint density at radius 3 is 1.93 bits per heavy atom. The van der Waals surface area contributed by atoms with Crippen LogP contribution in [0.5, 0.6) is 0 Å². The second-order valence-corrected chi connectivity index (χ2v) is 10.3. The van der Waals surface area contributed by atoms with Crippen LogP contribution in [-0.4, -0.2) is 23.1 Å². The lowest BCUT2D eigenvalue weighted by Crippen LogP contribution is -2.67. The van der Waals surface area contributed by atoms with Gasteiger partial charge >= 0.3 is 5.97 Å². The van der Waals surface area contributed by atoms with Crippen molar-refractivity contribution in [2.24, 2.45) is 17.8 Å². The fourth-order valence-electron chi connectivity index (χ4n) is 2.65. The average molecular weight is 420 g/mol. The highest BCUT2D eigenvalue weighted by Crippen LogP contribution is 2.27. The number of hydrogen-bond donors (Lipinski definition) is 1. The molecular weight excluding hydrogens is 378 g/mol. The zero-order valence-electron chi connectivity index (χ0n) is 20.0. The van der Waals surface area contributed by atoms with Crippen LogP contribution >= 0.6 is 0 Å². The van der Waals surface area contributed by atoms with Gasteiger partial charge in [-0.1, -0.05) is 56.3 Å². The van der Waals surface area contributed by atoms with Crippen molar-refractivity contribution in [1.82, 2.24) is 0 Å². The van der Waals surface area contributed by atoms with Crippen molar-refractivity contribution in [3.05, 3.63) is 42.0 Å². The first-order valence-corrected chi connectivity index (χ1v) is 10.6. The largest absolute Gasteiger partial charge is 0.550 e. The smallest absolute Gasteiger partial charge is 0.310 e. The van der Waals surface area contributed by atoms with Crippen molar-refractivity contribution in [2.45, 2.75) is 79.4 Å². The summed E-state index contributed by atoms with van der Waals surface area (Å²) >= 11 is 0. The summed E-state index contributed by atoms with van der Waals surface area (Å²) in [5, 5.41) is 11.6. The monoisotopic (exact) mass is 419 g/mol. The number of aliphatic carboxylic acids is 1. The normalized spacial score (nSPS) is 14.1. The van der Waals surface area contributed by atoms with E-state index in [0.717, 1.165) is 5.56 Å². The molecule has 0 aliphatic heterocycles. The topological polar surface area (TPSA) is 94.1 Å². The number of allylic oxidation sites excluding steroid dienone is 1. The first kappa shape index (κ1) is 27.9. The van der Waals surface area contributed by atoms with Gasteiger partial charge in [0, 0.05) is 11.9 Å². The van der Waals surface area contributed by atoms with E-state index in [1.165, 1.54) is 0 Å². The molecule has 2 atom stereocenters. The van der Waals surface area contributed by atoms with Crippen LogP contribution in [-0.2, 0) is 14.3 Å². The Kier molecular flexibility index (Phi) is 11.6. The van der Waals surface area contributed by atoms with Gasteiger partial charge in [0.1, 0.15) is 5.60 Å². The Morgan fingerprint density at radius 1 is 1.03 bits per heavy atom. The lowest BCUT2D eigenvalue weighted by atomic mass is 9.83. The third kappa shape index (κ3) is 14.8. The Balaban J connectivity index is 0.00000150. The Hall–Kier alpha value is -2.14. The Labute approximate surface area is 182 Å².